The molecule has 0 unspecified atom stereocenters. The second-order valence-corrected chi connectivity index (χ2v) is 6.63. The lowest BCUT2D eigenvalue weighted by molar-refractivity contribution is 0.101. The molecule has 0 aliphatic heterocycles. The number of nitrogens with one attached hydrogen (secondary N) is 1. The number of hydrogen-bond acceptors (Lipinski definition) is 3. The zero-order chi connectivity index (χ0) is 19.0. The Hall–Kier alpha value is -3.15. The van der Waals surface area contributed by atoms with Crippen molar-refractivity contribution in [1.29, 1.82) is 0 Å². The van der Waals surface area contributed by atoms with E-state index >= 15 is 0 Å². The molecule has 4 nitrogen and oxygen atoms in total. The number of aromatic nitrogens is 2. The average molecular weight is 365 g/mol. The second-order valence-electron chi connectivity index (χ2n) is 6.63. The SMILES string of the molecule is Cc1cc2c(cc1-c1cnc(NC(=O)c3c(F)cccc3F)cn1)CCC2. The fraction of sp³-hybridized carbons (Fsp3) is 0.190. The fourth-order valence-electron chi connectivity index (χ4n) is 3.45. The molecule has 0 saturated carbocycles. The molecule has 136 valence electrons. The number of fused-ring (bicyclic) bond motifs is 1. The number of hydrogen-bond donors (Lipinski definition) is 1. The smallest absolute Gasteiger partial charge is 0.262 e. The number of aryl methyl sites for hydroxylation is 3. The summed E-state index contributed by atoms with van der Waals surface area (Å²) in [4.78, 5) is 20.7. The molecule has 1 aliphatic rings. The van der Waals surface area contributed by atoms with E-state index in [1.54, 1.807) is 6.20 Å². The number of rotatable bonds is 3. The van der Waals surface area contributed by atoms with Gasteiger partial charge in [0, 0.05) is 5.56 Å². The molecule has 1 amide bonds. The Kier molecular flexibility index (Phi) is 4.39. The zero-order valence-electron chi connectivity index (χ0n) is 14.7. The minimum absolute atomic E-state index is 0.130. The van der Waals surface area contributed by atoms with E-state index < -0.39 is 23.1 Å². The predicted octanol–water partition coefficient (Wildman–Crippen LogP) is 4.47. The molecular formula is C21H17F2N3O. The summed E-state index contributed by atoms with van der Waals surface area (Å²) in [6, 6.07) is 7.60. The molecule has 0 radical (unpaired) electrons. The van der Waals surface area contributed by atoms with Gasteiger partial charge in [-0.15, -0.1) is 0 Å². The highest BCUT2D eigenvalue weighted by Crippen LogP contribution is 2.30. The van der Waals surface area contributed by atoms with Crippen LogP contribution in [0.1, 0.15) is 33.5 Å². The standard InChI is InChI=1S/C21H17F2N3O/c1-12-8-13-4-2-5-14(13)9-15(12)18-10-25-19(11-24-18)26-21(27)20-16(22)6-3-7-17(20)23/h3,6-11H,2,4-5H2,1H3,(H,25,26,27). The first-order chi connectivity index (χ1) is 13.0. The molecule has 1 aliphatic carbocycles. The van der Waals surface area contributed by atoms with E-state index in [-0.39, 0.29) is 5.82 Å². The van der Waals surface area contributed by atoms with Crippen molar-refractivity contribution in [2.24, 2.45) is 0 Å². The van der Waals surface area contributed by atoms with Gasteiger partial charge in [0.05, 0.1) is 18.1 Å². The lowest BCUT2D eigenvalue weighted by Gasteiger charge is -2.10. The predicted molar refractivity (Wildman–Crippen MR) is 98.5 cm³/mol. The lowest BCUT2D eigenvalue weighted by atomic mass is 9.99. The topological polar surface area (TPSA) is 54.9 Å². The van der Waals surface area contributed by atoms with E-state index in [1.807, 2.05) is 6.92 Å². The second kappa shape index (κ2) is 6.87. The summed E-state index contributed by atoms with van der Waals surface area (Å²) in [5, 5.41) is 2.38. The maximum atomic E-state index is 13.7. The normalized spacial score (nSPS) is 12.7. The molecule has 0 bridgehead atoms. The third kappa shape index (κ3) is 3.30. The number of halogens is 2. The van der Waals surface area contributed by atoms with Crippen LogP contribution in [0.25, 0.3) is 11.3 Å². The van der Waals surface area contributed by atoms with E-state index in [1.165, 1.54) is 29.8 Å². The first-order valence-electron chi connectivity index (χ1n) is 8.73. The molecular weight excluding hydrogens is 348 g/mol. The summed E-state index contributed by atoms with van der Waals surface area (Å²) in [6.45, 7) is 2.03. The van der Waals surface area contributed by atoms with Gasteiger partial charge in [0.2, 0.25) is 0 Å². The highest BCUT2D eigenvalue weighted by molar-refractivity contribution is 6.04. The molecule has 0 saturated heterocycles. The molecule has 3 aromatic rings. The zero-order valence-corrected chi connectivity index (χ0v) is 14.7. The summed E-state index contributed by atoms with van der Waals surface area (Å²) in [6.07, 6.45) is 6.29. The van der Waals surface area contributed by atoms with E-state index in [2.05, 4.69) is 27.4 Å². The molecule has 1 N–H and O–H groups in total. The quantitative estimate of drug-likeness (QED) is 0.745. The number of carbonyl (C=O) groups excluding carboxylic acids is 1. The van der Waals surface area contributed by atoms with Gasteiger partial charge in [-0.2, -0.15) is 0 Å². The van der Waals surface area contributed by atoms with Crippen molar-refractivity contribution < 1.29 is 13.6 Å². The van der Waals surface area contributed by atoms with Crippen LogP contribution in [0, 0.1) is 18.6 Å². The first kappa shape index (κ1) is 17.3. The molecule has 6 heteroatoms. The van der Waals surface area contributed by atoms with Crippen LogP contribution in [0.2, 0.25) is 0 Å². The number of carbonyl (C=O) groups is 1. The first-order valence-corrected chi connectivity index (χ1v) is 8.73. The number of benzene rings is 2. The van der Waals surface area contributed by atoms with Crippen LogP contribution in [-0.2, 0) is 12.8 Å². The highest BCUT2D eigenvalue weighted by Gasteiger charge is 2.18. The number of anilines is 1. The van der Waals surface area contributed by atoms with Crippen LogP contribution in [0.15, 0.2) is 42.7 Å². The van der Waals surface area contributed by atoms with Crippen LogP contribution < -0.4 is 5.32 Å². The van der Waals surface area contributed by atoms with Gasteiger partial charge in [-0.1, -0.05) is 12.1 Å². The summed E-state index contributed by atoms with van der Waals surface area (Å²) < 4.78 is 27.4. The van der Waals surface area contributed by atoms with Crippen molar-refractivity contribution >= 4 is 11.7 Å². The van der Waals surface area contributed by atoms with Crippen LogP contribution in [0.5, 0.6) is 0 Å². The van der Waals surface area contributed by atoms with E-state index in [0.29, 0.717) is 5.69 Å². The van der Waals surface area contributed by atoms with Crippen molar-refractivity contribution in [3.63, 3.8) is 0 Å². The average Bonchev–Trinajstić information content (AvgIpc) is 3.09. The Morgan fingerprint density at radius 3 is 2.41 bits per heavy atom. The summed E-state index contributed by atoms with van der Waals surface area (Å²) in [5.41, 5.74) is 4.90. The lowest BCUT2D eigenvalue weighted by Crippen LogP contribution is -2.16. The molecule has 0 fully saturated rings. The largest absolute Gasteiger partial charge is 0.305 e. The van der Waals surface area contributed by atoms with Crippen molar-refractivity contribution in [2.75, 3.05) is 5.32 Å². The molecule has 4 rings (SSSR count). The van der Waals surface area contributed by atoms with E-state index in [4.69, 9.17) is 0 Å². The number of amides is 1. The summed E-state index contributed by atoms with van der Waals surface area (Å²) in [5.74, 6) is -2.62. The Morgan fingerprint density at radius 2 is 1.74 bits per heavy atom. The molecule has 0 atom stereocenters. The Balaban J connectivity index is 1.57. The van der Waals surface area contributed by atoms with Gasteiger partial charge in [-0.05, 0) is 61.1 Å². The van der Waals surface area contributed by atoms with Crippen LogP contribution in [0.3, 0.4) is 0 Å². The number of nitrogens with zero attached hydrogens (tertiary/aromatic N) is 2. The van der Waals surface area contributed by atoms with Gasteiger partial charge < -0.3 is 5.32 Å². The van der Waals surface area contributed by atoms with Gasteiger partial charge in [-0.3, -0.25) is 9.78 Å². The Morgan fingerprint density at radius 1 is 1.04 bits per heavy atom. The molecule has 2 aromatic carbocycles. The monoisotopic (exact) mass is 365 g/mol. The third-order valence-corrected chi connectivity index (χ3v) is 4.80. The van der Waals surface area contributed by atoms with E-state index in [9.17, 15) is 13.6 Å². The minimum Gasteiger partial charge on any atom is -0.305 e. The minimum atomic E-state index is -0.925. The Labute approximate surface area is 155 Å². The summed E-state index contributed by atoms with van der Waals surface area (Å²) >= 11 is 0. The van der Waals surface area contributed by atoms with Crippen molar-refractivity contribution in [3.8, 4) is 11.3 Å². The fourth-order valence-corrected chi connectivity index (χ4v) is 3.45. The van der Waals surface area contributed by atoms with E-state index in [0.717, 1.165) is 36.1 Å². The maximum absolute atomic E-state index is 13.7. The highest BCUT2D eigenvalue weighted by atomic mass is 19.1. The van der Waals surface area contributed by atoms with Gasteiger partial charge >= 0.3 is 0 Å². The third-order valence-electron chi connectivity index (χ3n) is 4.80. The molecule has 27 heavy (non-hydrogen) atoms. The molecule has 0 spiro atoms. The van der Waals surface area contributed by atoms with Crippen molar-refractivity contribution in [2.45, 2.75) is 26.2 Å². The van der Waals surface area contributed by atoms with Gasteiger partial charge in [0.1, 0.15) is 17.2 Å². The van der Waals surface area contributed by atoms with Crippen LogP contribution in [0.4, 0.5) is 14.6 Å². The summed E-state index contributed by atoms with van der Waals surface area (Å²) in [7, 11) is 0. The van der Waals surface area contributed by atoms with Crippen molar-refractivity contribution in [1.82, 2.24) is 9.97 Å². The molecule has 1 aromatic heterocycles. The maximum Gasteiger partial charge on any atom is 0.262 e. The van der Waals surface area contributed by atoms with Gasteiger partial charge in [0.25, 0.3) is 5.91 Å². The van der Waals surface area contributed by atoms with Crippen LogP contribution in [-0.4, -0.2) is 15.9 Å². The van der Waals surface area contributed by atoms with Crippen molar-refractivity contribution in [3.05, 3.63) is 76.6 Å². The van der Waals surface area contributed by atoms with Gasteiger partial charge in [-0.25, -0.2) is 13.8 Å². The molecule has 1 heterocycles. The Bertz CT molecular complexity index is 1010. The van der Waals surface area contributed by atoms with Crippen LogP contribution >= 0.6 is 0 Å². The van der Waals surface area contributed by atoms with Gasteiger partial charge in [0.15, 0.2) is 5.82 Å².